The minimum atomic E-state index is -0.182. The molecule has 0 aliphatic heterocycles. The minimum absolute atomic E-state index is 0.182. The number of H-pyrrole nitrogens is 1. The van der Waals surface area contributed by atoms with Gasteiger partial charge in [0.25, 0.3) is 5.56 Å². The van der Waals surface area contributed by atoms with Crippen LogP contribution in [0.25, 0.3) is 16.9 Å². The number of hydrogen-bond acceptors (Lipinski definition) is 4. The zero-order valence-corrected chi connectivity index (χ0v) is 15.2. The molecule has 3 rings (SSSR count). The Balaban J connectivity index is 2.26. The molecule has 2 aromatic heterocycles. The number of hydrogen-bond donors (Lipinski definition) is 1. The van der Waals surface area contributed by atoms with Crippen molar-refractivity contribution in [2.75, 3.05) is 6.61 Å². The van der Waals surface area contributed by atoms with Crippen LogP contribution >= 0.6 is 0 Å². The maximum absolute atomic E-state index is 12.7. The summed E-state index contributed by atoms with van der Waals surface area (Å²) >= 11 is 0. The summed E-state index contributed by atoms with van der Waals surface area (Å²) in [6.07, 6.45) is 1.91. The molecule has 6 heteroatoms. The first-order valence-corrected chi connectivity index (χ1v) is 8.82. The van der Waals surface area contributed by atoms with Crippen LogP contribution in [0.4, 0.5) is 0 Å². The molecule has 25 heavy (non-hydrogen) atoms. The van der Waals surface area contributed by atoms with Gasteiger partial charge in [0.1, 0.15) is 11.6 Å². The fraction of sp³-hybridized carbons (Fsp3) is 0.421. The monoisotopic (exact) mass is 340 g/mol. The molecular weight excluding hydrogens is 316 g/mol. The molecule has 0 saturated carbocycles. The Hall–Kier alpha value is -2.63. The molecule has 0 aliphatic rings. The first-order valence-electron chi connectivity index (χ1n) is 8.82. The van der Waals surface area contributed by atoms with Crippen molar-refractivity contribution >= 4 is 5.52 Å². The molecule has 132 valence electrons. The van der Waals surface area contributed by atoms with Crippen molar-refractivity contribution in [1.82, 2.24) is 19.6 Å². The summed E-state index contributed by atoms with van der Waals surface area (Å²) in [6, 6.07) is 7.59. The highest BCUT2D eigenvalue weighted by Gasteiger charge is 2.20. The van der Waals surface area contributed by atoms with Gasteiger partial charge in [0.05, 0.1) is 17.9 Å². The van der Waals surface area contributed by atoms with E-state index in [1.54, 1.807) is 4.52 Å². The smallest absolute Gasteiger partial charge is 0.277 e. The van der Waals surface area contributed by atoms with Crippen molar-refractivity contribution in [1.29, 1.82) is 0 Å². The number of nitrogens with one attached hydrogen (secondary N) is 1. The lowest BCUT2D eigenvalue weighted by atomic mass is 10.0. The number of aromatic amines is 1. The zero-order chi connectivity index (χ0) is 18.0. The second-order valence-corrected chi connectivity index (χ2v) is 6.06. The molecule has 1 aromatic carbocycles. The van der Waals surface area contributed by atoms with E-state index in [0.29, 0.717) is 29.4 Å². The summed E-state index contributed by atoms with van der Waals surface area (Å²) in [6.45, 7) is 8.59. The Morgan fingerprint density at radius 1 is 1.20 bits per heavy atom. The van der Waals surface area contributed by atoms with E-state index in [9.17, 15) is 4.79 Å². The van der Waals surface area contributed by atoms with Gasteiger partial charge in [-0.3, -0.25) is 4.79 Å². The van der Waals surface area contributed by atoms with Gasteiger partial charge in [-0.15, -0.1) is 5.10 Å². The molecule has 0 spiro atoms. The van der Waals surface area contributed by atoms with Crippen molar-refractivity contribution in [2.24, 2.45) is 0 Å². The van der Waals surface area contributed by atoms with E-state index in [2.05, 4.69) is 23.8 Å². The van der Waals surface area contributed by atoms with Crippen LogP contribution in [0, 0.1) is 6.92 Å². The molecule has 0 unspecified atom stereocenters. The number of benzene rings is 1. The molecule has 0 saturated heterocycles. The second-order valence-electron chi connectivity index (χ2n) is 6.06. The third-order valence-corrected chi connectivity index (χ3v) is 4.49. The summed E-state index contributed by atoms with van der Waals surface area (Å²) in [5.41, 5.74) is 1.81. The van der Waals surface area contributed by atoms with Crippen LogP contribution in [0.15, 0.2) is 29.1 Å². The van der Waals surface area contributed by atoms with Gasteiger partial charge in [-0.2, -0.15) is 0 Å². The van der Waals surface area contributed by atoms with E-state index in [-0.39, 0.29) is 11.5 Å². The van der Waals surface area contributed by atoms with Gasteiger partial charge < -0.3 is 9.72 Å². The number of rotatable bonds is 6. The Bertz CT molecular complexity index is 938. The van der Waals surface area contributed by atoms with Crippen molar-refractivity contribution in [3.8, 4) is 17.1 Å². The molecule has 0 aliphatic carbocycles. The normalized spacial score (nSPS) is 11.4. The number of fused-ring (bicyclic) bond motifs is 1. The predicted molar refractivity (Wildman–Crippen MR) is 98.3 cm³/mol. The van der Waals surface area contributed by atoms with Gasteiger partial charge >= 0.3 is 0 Å². The van der Waals surface area contributed by atoms with Crippen LogP contribution in [0.2, 0.25) is 0 Å². The van der Waals surface area contributed by atoms with E-state index < -0.39 is 0 Å². The quantitative estimate of drug-likeness (QED) is 0.743. The van der Waals surface area contributed by atoms with E-state index in [0.717, 1.165) is 24.2 Å². The Morgan fingerprint density at radius 2 is 1.92 bits per heavy atom. The summed E-state index contributed by atoms with van der Waals surface area (Å²) in [5, 5.41) is 4.71. The van der Waals surface area contributed by atoms with Crippen molar-refractivity contribution in [3.63, 3.8) is 0 Å². The SMILES string of the molecule is CCOc1ccccc1-c1nn2c(C(CC)CC)nc(C)c2c(=O)[nH]1. The first-order chi connectivity index (χ1) is 12.1. The van der Waals surface area contributed by atoms with Crippen LogP contribution in [-0.2, 0) is 0 Å². The van der Waals surface area contributed by atoms with Gasteiger partial charge in [0, 0.05) is 5.92 Å². The summed E-state index contributed by atoms with van der Waals surface area (Å²) in [5.74, 6) is 2.31. The number of para-hydroxylation sites is 1. The molecule has 3 aromatic rings. The van der Waals surface area contributed by atoms with E-state index >= 15 is 0 Å². The highest BCUT2D eigenvalue weighted by molar-refractivity contribution is 5.64. The lowest BCUT2D eigenvalue weighted by molar-refractivity contribution is 0.341. The molecule has 2 heterocycles. The highest BCUT2D eigenvalue weighted by atomic mass is 16.5. The predicted octanol–water partition coefficient (Wildman–Crippen LogP) is 3.70. The zero-order valence-electron chi connectivity index (χ0n) is 15.2. The maximum Gasteiger partial charge on any atom is 0.277 e. The van der Waals surface area contributed by atoms with Crippen LogP contribution < -0.4 is 10.3 Å². The lowest BCUT2D eigenvalue weighted by Gasteiger charge is -2.12. The Labute approximate surface area is 146 Å². The molecule has 1 N–H and O–H groups in total. The number of imidazole rings is 1. The lowest BCUT2D eigenvalue weighted by Crippen LogP contribution is -2.16. The van der Waals surface area contributed by atoms with Crippen molar-refractivity contribution < 1.29 is 4.74 Å². The fourth-order valence-corrected chi connectivity index (χ4v) is 3.18. The third kappa shape index (κ3) is 3.04. The second kappa shape index (κ2) is 7.09. The van der Waals surface area contributed by atoms with Gasteiger partial charge in [0.15, 0.2) is 11.3 Å². The summed E-state index contributed by atoms with van der Waals surface area (Å²) < 4.78 is 7.39. The van der Waals surface area contributed by atoms with Crippen molar-refractivity contribution in [3.05, 3.63) is 46.1 Å². The first kappa shape index (κ1) is 17.2. The maximum atomic E-state index is 12.7. The summed E-state index contributed by atoms with van der Waals surface area (Å²) in [4.78, 5) is 20.2. The van der Waals surface area contributed by atoms with Crippen molar-refractivity contribution in [2.45, 2.75) is 46.5 Å². The number of ether oxygens (including phenoxy) is 1. The van der Waals surface area contributed by atoms with Gasteiger partial charge in [-0.05, 0) is 38.8 Å². The number of nitrogens with zero attached hydrogens (tertiary/aromatic N) is 3. The Morgan fingerprint density at radius 3 is 2.60 bits per heavy atom. The molecule has 0 atom stereocenters. The van der Waals surface area contributed by atoms with Gasteiger partial charge in [-0.1, -0.05) is 26.0 Å². The highest BCUT2D eigenvalue weighted by Crippen LogP contribution is 2.28. The average molecular weight is 340 g/mol. The van der Waals surface area contributed by atoms with E-state index in [1.807, 2.05) is 38.1 Å². The molecule has 0 fully saturated rings. The van der Waals surface area contributed by atoms with E-state index in [1.165, 1.54) is 0 Å². The Kier molecular flexibility index (Phi) is 4.88. The molecule has 0 bridgehead atoms. The topological polar surface area (TPSA) is 72.3 Å². The molecule has 0 radical (unpaired) electrons. The third-order valence-electron chi connectivity index (χ3n) is 4.49. The largest absolute Gasteiger partial charge is 0.493 e. The number of aryl methyl sites for hydroxylation is 1. The standard InChI is InChI=1S/C19H24N4O2/c1-5-13(6-2)18-20-12(4)16-19(24)21-17(22-23(16)18)14-10-8-9-11-15(14)25-7-3/h8-11,13H,5-7H2,1-4H3,(H,21,22,24). The fourth-order valence-electron chi connectivity index (χ4n) is 3.18. The average Bonchev–Trinajstić information content (AvgIpc) is 2.94. The summed E-state index contributed by atoms with van der Waals surface area (Å²) in [7, 11) is 0. The van der Waals surface area contributed by atoms with E-state index in [4.69, 9.17) is 9.84 Å². The van der Waals surface area contributed by atoms with Crippen LogP contribution in [0.1, 0.15) is 51.0 Å². The van der Waals surface area contributed by atoms with Crippen LogP contribution in [0.3, 0.4) is 0 Å². The minimum Gasteiger partial charge on any atom is -0.493 e. The van der Waals surface area contributed by atoms with Gasteiger partial charge in [-0.25, -0.2) is 9.50 Å². The van der Waals surface area contributed by atoms with Crippen LogP contribution in [-0.4, -0.2) is 26.2 Å². The molecule has 0 amide bonds. The molecule has 6 nitrogen and oxygen atoms in total. The van der Waals surface area contributed by atoms with Gasteiger partial charge in [0.2, 0.25) is 0 Å². The number of aromatic nitrogens is 4. The molecular formula is C19H24N4O2. The van der Waals surface area contributed by atoms with Crippen LogP contribution in [0.5, 0.6) is 5.75 Å².